The number of rotatable bonds is 0. The van der Waals surface area contributed by atoms with Gasteiger partial charge in [-0.05, 0) is 0 Å². The van der Waals surface area contributed by atoms with Gasteiger partial charge in [0.25, 0.3) is 0 Å². The van der Waals surface area contributed by atoms with Crippen molar-refractivity contribution in [3.05, 3.63) is 0 Å². The second-order valence-corrected chi connectivity index (χ2v) is 3.67. The van der Waals surface area contributed by atoms with Crippen molar-refractivity contribution in [2.45, 2.75) is 0 Å². The smallest absolute Gasteiger partial charge is 0.759 e. The third-order valence-corrected chi connectivity index (χ3v) is 0. The molecule has 0 unspecified atom stereocenters. The molecule has 0 atom stereocenters. The van der Waals surface area contributed by atoms with Crippen LogP contribution in [0.25, 0.3) is 0 Å². The monoisotopic (exact) mass is 626 g/mol. The van der Waals surface area contributed by atoms with Gasteiger partial charge in [0.2, 0.25) is 0 Å². The van der Waals surface area contributed by atoms with E-state index in [4.69, 9.17) is 52.6 Å². The van der Waals surface area contributed by atoms with E-state index in [1.165, 1.54) is 0 Å². The predicted octanol–water partition coefficient (Wildman–Crippen LogP) is -4.01. The van der Waals surface area contributed by atoms with Crippen molar-refractivity contribution in [2.24, 2.45) is 0 Å². The molecule has 0 aliphatic carbocycles. The molecule has 0 rings (SSSR count). The Morgan fingerprint density at radius 2 is 0.412 bits per heavy atom. The first-order chi connectivity index (χ1) is 6.00. The van der Waals surface area contributed by atoms with E-state index in [1.54, 1.807) is 0 Å². The van der Waals surface area contributed by atoms with Crippen LogP contribution in [-0.2, 0) is 31.2 Å². The van der Waals surface area contributed by atoms with Crippen LogP contribution in [0.5, 0.6) is 0 Å². The van der Waals surface area contributed by atoms with Crippen LogP contribution in [0, 0.1) is 73.7 Å². The molecule has 0 aliphatic rings. The van der Waals surface area contributed by atoms with E-state index in [2.05, 4.69) is 0 Å². The van der Waals surface area contributed by atoms with Gasteiger partial charge in [-0.15, -0.1) is 0 Å². The van der Waals surface area contributed by atoms with Gasteiger partial charge < -0.3 is 27.3 Å². The van der Waals surface area contributed by atoms with E-state index in [1.807, 2.05) is 0 Å². The molecule has 0 heterocycles. The van der Waals surface area contributed by atoms with Crippen LogP contribution >= 0.6 is 0 Å². The van der Waals surface area contributed by atoms with Crippen molar-refractivity contribution < 1.29 is 126 Å². The second kappa shape index (κ2) is 13.1. The van der Waals surface area contributed by atoms with E-state index in [0.29, 0.717) is 0 Å². The molecule has 0 bridgehead atoms. The zero-order chi connectivity index (χ0) is 13.5. The summed E-state index contributed by atoms with van der Waals surface area (Å²) in [7, 11) is -15.5. The largest absolute Gasteiger partial charge is 3.00 e. The Morgan fingerprint density at radius 1 is 0.412 bits per heavy atom. The zero-order valence-corrected chi connectivity index (χ0v) is 12.7. The van der Waals surface area contributed by atoms with Crippen LogP contribution in [0.2, 0.25) is 0 Å². The van der Waals surface area contributed by atoms with Crippen LogP contribution in [0.15, 0.2) is 0 Å². The summed E-state index contributed by atoms with van der Waals surface area (Å²) in [4.78, 5) is 0. The Bertz CT molecular complexity index is 341. The molecule has 0 aromatic carbocycles. The van der Waals surface area contributed by atoms with E-state index in [9.17, 15) is 0 Å². The van der Waals surface area contributed by atoms with Gasteiger partial charge in [0.05, 0.1) is 0 Å². The fourth-order valence-corrected chi connectivity index (χ4v) is 0. The maximum Gasteiger partial charge on any atom is 3.00 e. The average molecular weight is 626 g/mol. The first kappa shape index (κ1) is 31.5. The number of hydrogen-bond acceptors (Lipinski definition) is 12. The van der Waals surface area contributed by atoms with E-state index >= 15 is 0 Å². The summed E-state index contributed by atoms with van der Waals surface area (Å²) < 4.78 is 102. The van der Waals surface area contributed by atoms with Gasteiger partial charge >= 0.3 is 73.7 Å². The normalized spacial score (nSPS) is 10.2. The summed E-state index contributed by atoms with van der Waals surface area (Å²) in [6, 6.07) is 0. The van der Waals surface area contributed by atoms with Gasteiger partial charge in [0.1, 0.15) is 0 Å². The third-order valence-electron chi connectivity index (χ3n) is 0. The van der Waals surface area contributed by atoms with Crippen molar-refractivity contribution in [1.29, 1.82) is 0 Å². The van der Waals surface area contributed by atoms with E-state index in [-0.39, 0.29) is 73.7 Å². The van der Waals surface area contributed by atoms with E-state index < -0.39 is 31.2 Å². The zero-order valence-electron chi connectivity index (χ0n) is 6.68. The first-order valence-electron chi connectivity index (χ1n) is 2.00. The van der Waals surface area contributed by atoms with Gasteiger partial charge in [0.15, 0.2) is 0 Å². The minimum Gasteiger partial charge on any atom is -0.759 e. The molecule has 0 aliphatic heterocycles. The molecule has 0 aromatic rings. The summed E-state index contributed by atoms with van der Waals surface area (Å²) in [5.74, 6) is 0. The minimum atomic E-state index is -5.17. The summed E-state index contributed by atoms with van der Waals surface area (Å²) in [5, 5.41) is 0. The van der Waals surface area contributed by atoms with Crippen LogP contribution in [0.3, 0.4) is 0 Å². The standard InChI is InChI=1S/3H2O4S.2Tm/c3*1-5(2,3)4;;/h3*(H2,1,2,3,4);;/q;;;2*+3/p-6. The number of hydrogen-bond donors (Lipinski definition) is 0. The molecule has 12 nitrogen and oxygen atoms in total. The van der Waals surface area contributed by atoms with Gasteiger partial charge in [-0.3, -0.25) is 25.3 Å². The predicted molar refractivity (Wildman–Crippen MR) is 31.4 cm³/mol. The molecule has 0 saturated heterocycles. The summed E-state index contributed by atoms with van der Waals surface area (Å²) in [5.41, 5.74) is 0. The SMILES string of the molecule is O=S(=O)([O-])[O-].O=S(=O)([O-])[O-].O=S(=O)([O-])[O-].[Tm+3].[Tm+3]. The van der Waals surface area contributed by atoms with Crippen LogP contribution in [0.4, 0.5) is 0 Å². The van der Waals surface area contributed by atoms with Gasteiger partial charge in [-0.1, -0.05) is 0 Å². The Hall–Kier alpha value is 2.08. The molecule has 17 heteroatoms. The molecule has 0 radical (unpaired) electrons. The minimum absolute atomic E-state index is 0. The van der Waals surface area contributed by atoms with Crippen molar-refractivity contribution >= 4 is 31.2 Å². The third kappa shape index (κ3) is 1080. The maximum absolute atomic E-state index is 8.52. The van der Waals surface area contributed by atoms with Crippen LogP contribution in [0.1, 0.15) is 0 Å². The summed E-state index contributed by atoms with van der Waals surface area (Å²) in [6.07, 6.45) is 0. The molecular formula is O12S3Tm2. The molecule has 0 saturated carbocycles. The van der Waals surface area contributed by atoms with E-state index in [0.717, 1.165) is 0 Å². The van der Waals surface area contributed by atoms with Gasteiger partial charge in [0, 0.05) is 31.2 Å². The molecule has 0 amide bonds. The van der Waals surface area contributed by atoms with Crippen molar-refractivity contribution in [3.8, 4) is 0 Å². The van der Waals surface area contributed by atoms with Crippen LogP contribution in [-0.4, -0.2) is 52.6 Å². The Labute approximate surface area is 155 Å². The molecule has 116 valence electrons. The van der Waals surface area contributed by atoms with Crippen molar-refractivity contribution in [1.82, 2.24) is 0 Å². The fourth-order valence-electron chi connectivity index (χ4n) is 0. The van der Waals surface area contributed by atoms with Gasteiger partial charge in [-0.25, -0.2) is 0 Å². The fraction of sp³-hybridized carbons (Fsp3) is 0. The average Bonchev–Trinajstić information content (AvgIpc) is 1.41. The topological polar surface area (TPSA) is 241 Å². The molecular weight excluding hydrogens is 626 g/mol. The Morgan fingerprint density at radius 3 is 0.412 bits per heavy atom. The Kier molecular flexibility index (Phi) is 24.2. The molecule has 17 heavy (non-hydrogen) atoms. The molecule has 0 spiro atoms. The van der Waals surface area contributed by atoms with Crippen molar-refractivity contribution in [2.75, 3.05) is 0 Å². The van der Waals surface area contributed by atoms with Gasteiger partial charge in [-0.2, -0.15) is 0 Å². The molecule has 0 fully saturated rings. The molecule has 0 aromatic heterocycles. The first-order valence-corrected chi connectivity index (χ1v) is 6.00. The van der Waals surface area contributed by atoms with Crippen molar-refractivity contribution in [3.63, 3.8) is 0 Å². The maximum atomic E-state index is 8.52. The summed E-state index contributed by atoms with van der Waals surface area (Å²) in [6.45, 7) is 0. The Balaban J connectivity index is -0.0000000400. The second-order valence-electron chi connectivity index (χ2n) is 1.22. The quantitative estimate of drug-likeness (QED) is 0.185. The van der Waals surface area contributed by atoms with Crippen LogP contribution < -0.4 is 0 Å². The summed E-state index contributed by atoms with van der Waals surface area (Å²) >= 11 is 0. The molecule has 0 N–H and O–H groups in total.